The molecule has 1 aliphatic rings. The number of halogens is 1. The van der Waals surface area contributed by atoms with Gasteiger partial charge < -0.3 is 9.30 Å². The Kier molecular flexibility index (Phi) is 8.25. The number of aromatic nitrogens is 2. The first-order valence-electron chi connectivity index (χ1n) is 15.0. The number of thiazole rings is 1. The minimum atomic E-state index is -0.731. The lowest BCUT2D eigenvalue weighted by molar-refractivity contribution is -0.138. The monoisotopic (exact) mass is 619 g/mol. The van der Waals surface area contributed by atoms with Crippen molar-refractivity contribution in [2.24, 2.45) is 4.99 Å². The molecule has 1 atom stereocenters. The average molecular weight is 620 g/mol. The molecule has 0 bridgehead atoms. The highest BCUT2D eigenvalue weighted by Gasteiger charge is 2.35. The molecule has 0 N–H and O–H groups in total. The third kappa shape index (κ3) is 5.62. The molecule has 5 aromatic rings. The van der Waals surface area contributed by atoms with Crippen LogP contribution in [0.15, 0.2) is 100 Å². The number of esters is 1. The number of fused-ring (bicyclic) bond motifs is 1. The van der Waals surface area contributed by atoms with Crippen molar-refractivity contribution in [2.75, 3.05) is 6.61 Å². The molecule has 8 heteroatoms. The van der Waals surface area contributed by atoms with Crippen LogP contribution in [0.5, 0.6) is 0 Å². The second-order valence-electron chi connectivity index (χ2n) is 11.4. The van der Waals surface area contributed by atoms with Gasteiger partial charge in [-0.3, -0.25) is 9.36 Å². The Bertz CT molecular complexity index is 2100. The van der Waals surface area contributed by atoms with Crippen LogP contribution in [0.4, 0.5) is 4.39 Å². The van der Waals surface area contributed by atoms with E-state index in [4.69, 9.17) is 9.73 Å². The predicted molar refractivity (Wildman–Crippen MR) is 177 cm³/mol. The molecule has 0 radical (unpaired) electrons. The van der Waals surface area contributed by atoms with E-state index in [9.17, 15) is 14.0 Å². The molecule has 6 rings (SSSR count). The fourth-order valence-electron chi connectivity index (χ4n) is 5.88. The molecule has 6 nitrogen and oxygen atoms in total. The van der Waals surface area contributed by atoms with Gasteiger partial charge in [-0.25, -0.2) is 14.2 Å². The van der Waals surface area contributed by atoms with Crippen LogP contribution in [0.1, 0.15) is 66.4 Å². The van der Waals surface area contributed by atoms with E-state index in [1.54, 1.807) is 23.6 Å². The molecule has 1 aliphatic heterocycles. The van der Waals surface area contributed by atoms with Crippen LogP contribution < -0.4 is 14.9 Å². The highest BCUT2D eigenvalue weighted by atomic mass is 32.1. The Hall–Kier alpha value is -4.82. The summed E-state index contributed by atoms with van der Waals surface area (Å²) in [7, 11) is 0. The largest absolute Gasteiger partial charge is 0.463 e. The van der Waals surface area contributed by atoms with Crippen LogP contribution in [0.25, 0.3) is 17.5 Å². The topological polar surface area (TPSA) is 65.6 Å². The van der Waals surface area contributed by atoms with Gasteiger partial charge in [-0.15, -0.1) is 0 Å². The number of benzene rings is 3. The summed E-state index contributed by atoms with van der Waals surface area (Å²) in [4.78, 5) is 33.5. The third-order valence-electron chi connectivity index (χ3n) is 8.13. The Labute approximate surface area is 265 Å². The van der Waals surface area contributed by atoms with Crippen LogP contribution >= 0.6 is 11.3 Å². The maximum atomic E-state index is 14.3. The van der Waals surface area contributed by atoms with Gasteiger partial charge in [-0.05, 0) is 79.8 Å². The van der Waals surface area contributed by atoms with E-state index < -0.39 is 12.0 Å². The molecule has 2 aromatic heterocycles. The maximum Gasteiger partial charge on any atom is 0.338 e. The number of ether oxygens (including phenoxy) is 1. The zero-order valence-corrected chi connectivity index (χ0v) is 26.7. The van der Waals surface area contributed by atoms with E-state index in [0.29, 0.717) is 26.5 Å². The molecule has 0 aliphatic carbocycles. The quantitative estimate of drug-likeness (QED) is 0.193. The van der Waals surface area contributed by atoms with Gasteiger partial charge in [-0.2, -0.15) is 0 Å². The van der Waals surface area contributed by atoms with Gasteiger partial charge in [0.15, 0.2) is 4.80 Å². The smallest absolute Gasteiger partial charge is 0.338 e. The zero-order valence-electron chi connectivity index (χ0n) is 25.9. The van der Waals surface area contributed by atoms with Crippen molar-refractivity contribution in [1.29, 1.82) is 0 Å². The lowest BCUT2D eigenvalue weighted by atomic mass is 9.91. The van der Waals surface area contributed by atoms with Crippen molar-refractivity contribution in [3.8, 4) is 5.69 Å². The minimum absolute atomic E-state index is 0.192. The third-order valence-corrected chi connectivity index (χ3v) is 9.12. The van der Waals surface area contributed by atoms with Crippen LogP contribution in [0.2, 0.25) is 0 Å². The summed E-state index contributed by atoms with van der Waals surface area (Å²) in [6.07, 6.45) is 1.88. The fourth-order valence-corrected chi connectivity index (χ4v) is 6.87. The van der Waals surface area contributed by atoms with Gasteiger partial charge in [-0.1, -0.05) is 79.8 Å². The number of aryl methyl sites for hydroxylation is 1. The summed E-state index contributed by atoms with van der Waals surface area (Å²) < 4.78 is 23.4. The van der Waals surface area contributed by atoms with Crippen molar-refractivity contribution in [3.63, 3.8) is 0 Å². The molecular formula is C37H34FN3O3S. The number of hydrogen-bond donors (Lipinski definition) is 0. The molecule has 228 valence electrons. The lowest BCUT2D eigenvalue weighted by Gasteiger charge is -2.26. The van der Waals surface area contributed by atoms with Crippen LogP contribution in [0.3, 0.4) is 0 Å². The van der Waals surface area contributed by atoms with Gasteiger partial charge >= 0.3 is 5.97 Å². The van der Waals surface area contributed by atoms with Crippen LogP contribution in [-0.2, 0) is 9.53 Å². The molecule has 0 fully saturated rings. The van der Waals surface area contributed by atoms with Gasteiger partial charge in [0.1, 0.15) is 5.82 Å². The lowest BCUT2D eigenvalue weighted by Crippen LogP contribution is -2.40. The Morgan fingerprint density at radius 2 is 1.71 bits per heavy atom. The van der Waals surface area contributed by atoms with Crippen LogP contribution in [0, 0.1) is 19.7 Å². The first kappa shape index (κ1) is 30.2. The van der Waals surface area contributed by atoms with E-state index in [1.165, 1.54) is 23.5 Å². The number of nitrogens with zero attached hydrogens (tertiary/aromatic N) is 3. The predicted octanol–water partition coefficient (Wildman–Crippen LogP) is 6.61. The van der Waals surface area contributed by atoms with Crippen molar-refractivity contribution in [1.82, 2.24) is 9.13 Å². The number of carbonyl (C=O) groups excluding carboxylic acids is 1. The number of rotatable bonds is 7. The second kappa shape index (κ2) is 12.3. The number of hydrogen-bond acceptors (Lipinski definition) is 5. The van der Waals surface area contributed by atoms with Gasteiger partial charge in [0.05, 0.1) is 28.5 Å². The van der Waals surface area contributed by atoms with Crippen molar-refractivity contribution in [2.45, 2.75) is 46.6 Å². The summed E-state index contributed by atoms with van der Waals surface area (Å²) in [5.74, 6) is -0.474. The summed E-state index contributed by atoms with van der Waals surface area (Å²) in [5.41, 5.74) is 6.89. The van der Waals surface area contributed by atoms with E-state index in [2.05, 4.69) is 13.8 Å². The normalized spacial score (nSPS) is 14.9. The second-order valence-corrected chi connectivity index (χ2v) is 12.4. The molecule has 0 saturated heterocycles. The first-order valence-corrected chi connectivity index (χ1v) is 15.8. The van der Waals surface area contributed by atoms with Crippen LogP contribution in [-0.4, -0.2) is 21.7 Å². The molecule has 45 heavy (non-hydrogen) atoms. The standard InChI is InChI=1S/C37H34FN3O3S/c1-6-44-36(43)32-33(26-10-8-7-9-11-26)39-37-41(34(32)27-14-12-25(13-15-27)22(2)3)35(42)31(45-37)21-28-20-23(4)40(24(28)5)30-18-16-29(38)17-19-30/h7-22,34H,6H2,1-5H3/b31-21+. The summed E-state index contributed by atoms with van der Waals surface area (Å²) in [6, 6.07) is 25.2. The van der Waals surface area contributed by atoms with Crippen molar-refractivity contribution >= 4 is 29.1 Å². The maximum absolute atomic E-state index is 14.3. The highest BCUT2D eigenvalue weighted by molar-refractivity contribution is 7.07. The highest BCUT2D eigenvalue weighted by Crippen LogP contribution is 2.35. The number of carbonyl (C=O) groups is 1. The Morgan fingerprint density at radius 3 is 2.36 bits per heavy atom. The Morgan fingerprint density at radius 1 is 1.02 bits per heavy atom. The minimum Gasteiger partial charge on any atom is -0.463 e. The van der Waals surface area contributed by atoms with Gasteiger partial charge in [0.25, 0.3) is 5.56 Å². The fraction of sp³-hybridized carbons (Fsp3) is 0.216. The zero-order chi connectivity index (χ0) is 31.8. The molecular weight excluding hydrogens is 585 g/mol. The molecule has 0 amide bonds. The first-order chi connectivity index (χ1) is 21.7. The molecule has 0 saturated carbocycles. The van der Waals surface area contributed by atoms with Crippen molar-refractivity contribution < 1.29 is 13.9 Å². The summed E-state index contributed by atoms with van der Waals surface area (Å²) in [6.45, 7) is 10.2. The van der Waals surface area contributed by atoms with Gasteiger partial charge in [0.2, 0.25) is 0 Å². The molecule has 3 heterocycles. The SMILES string of the molecule is CCOC(=O)C1=C(c2ccccc2)N=c2s/c(=C/c3cc(C)n(-c4ccc(F)cc4)c3C)c(=O)n2C1c1ccc(C(C)C)cc1. The summed E-state index contributed by atoms with van der Waals surface area (Å²) >= 11 is 1.29. The van der Waals surface area contributed by atoms with Crippen molar-refractivity contribution in [3.05, 3.63) is 150 Å². The molecule has 1 unspecified atom stereocenters. The Balaban J connectivity index is 1.59. The van der Waals surface area contributed by atoms with E-state index in [0.717, 1.165) is 39.3 Å². The summed E-state index contributed by atoms with van der Waals surface area (Å²) in [5, 5.41) is 0. The van der Waals surface area contributed by atoms with E-state index in [1.807, 2.05) is 85.2 Å². The molecule has 0 spiro atoms. The molecule has 3 aromatic carbocycles. The van der Waals surface area contributed by atoms with E-state index >= 15 is 0 Å². The van der Waals surface area contributed by atoms with E-state index in [-0.39, 0.29) is 18.0 Å². The van der Waals surface area contributed by atoms with Gasteiger partial charge in [0, 0.05) is 22.6 Å². The average Bonchev–Trinajstić information content (AvgIpc) is 3.50.